The second-order valence-corrected chi connectivity index (χ2v) is 21.6. The number of rotatable bonds is 29. The molecule has 0 saturated heterocycles. The zero-order valence-corrected chi connectivity index (χ0v) is 40.5. The Morgan fingerprint density at radius 3 is 1.67 bits per heavy atom. The molecule has 5 nitrogen and oxygen atoms in total. The fourth-order valence-corrected chi connectivity index (χ4v) is 10.1. The Balaban J connectivity index is 1.74. The van der Waals surface area contributed by atoms with Crippen molar-refractivity contribution >= 4 is 12.3 Å². The SMILES string of the molecule is CCC(C)(OCCC(C)CCC=C(C)C)C(C)(C)CCCC(C)CCOC(C)(CC)C(C)(C)CCCC(C)CCOC(=O)C1C2CC(C(C)C)C(C=C2C)C1C=O. The highest BCUT2D eigenvalue weighted by molar-refractivity contribution is 5.79. The van der Waals surface area contributed by atoms with Crippen molar-refractivity contribution in [2.24, 2.45) is 64.1 Å². The summed E-state index contributed by atoms with van der Waals surface area (Å²) >= 11 is 0. The van der Waals surface area contributed by atoms with E-state index in [4.69, 9.17) is 14.2 Å². The van der Waals surface area contributed by atoms with Gasteiger partial charge < -0.3 is 19.0 Å². The van der Waals surface area contributed by atoms with E-state index >= 15 is 0 Å². The van der Waals surface area contributed by atoms with Gasteiger partial charge in [-0.3, -0.25) is 4.79 Å². The van der Waals surface area contributed by atoms with Crippen molar-refractivity contribution in [3.05, 3.63) is 23.3 Å². The first kappa shape index (κ1) is 51.7. The van der Waals surface area contributed by atoms with E-state index in [1.807, 2.05) is 0 Å². The number of hydrogen-bond acceptors (Lipinski definition) is 5. The van der Waals surface area contributed by atoms with Gasteiger partial charge in [-0.15, -0.1) is 0 Å². The van der Waals surface area contributed by atoms with Gasteiger partial charge in [0.25, 0.3) is 0 Å². The summed E-state index contributed by atoms with van der Waals surface area (Å²) in [6, 6.07) is 0. The molecule has 0 aromatic carbocycles. The third kappa shape index (κ3) is 14.9. The smallest absolute Gasteiger partial charge is 0.310 e. The molecule has 0 aromatic rings. The topological polar surface area (TPSA) is 61.8 Å². The zero-order chi connectivity index (χ0) is 43.2. The van der Waals surface area contributed by atoms with Crippen LogP contribution in [0.5, 0.6) is 0 Å². The van der Waals surface area contributed by atoms with Crippen LogP contribution in [0.2, 0.25) is 0 Å². The van der Waals surface area contributed by atoms with E-state index in [1.54, 1.807) is 0 Å². The van der Waals surface area contributed by atoms with Crippen LogP contribution in [0.25, 0.3) is 0 Å². The minimum Gasteiger partial charge on any atom is -0.465 e. The van der Waals surface area contributed by atoms with Crippen LogP contribution in [0.15, 0.2) is 23.3 Å². The number of fused-ring (bicyclic) bond motifs is 2. The number of carbonyl (C=O) groups is 2. The average Bonchev–Trinajstić information content (AvgIpc) is 3.13. The molecule has 3 rings (SSSR count). The molecular formula is C52H94O5. The van der Waals surface area contributed by atoms with E-state index < -0.39 is 0 Å². The van der Waals surface area contributed by atoms with Gasteiger partial charge in [-0.2, -0.15) is 0 Å². The summed E-state index contributed by atoms with van der Waals surface area (Å²) in [5, 5.41) is 0. The van der Waals surface area contributed by atoms with Crippen molar-refractivity contribution in [2.45, 2.75) is 212 Å². The third-order valence-corrected chi connectivity index (χ3v) is 16.0. The normalized spacial score (nSPS) is 24.9. The molecule has 57 heavy (non-hydrogen) atoms. The maximum atomic E-state index is 13.4. The highest BCUT2D eigenvalue weighted by Crippen LogP contribution is 2.53. The fourth-order valence-electron chi connectivity index (χ4n) is 10.1. The van der Waals surface area contributed by atoms with E-state index in [1.165, 1.54) is 43.3 Å². The molecule has 1 fully saturated rings. The standard InChI is InChI=1S/C52H94O5/c1-17-51(15,56-32-27-39(7)23-19-22-37(3)4)50(13,14)30-21-25-41(9)28-33-57-52(16,18-2)49(11,12)29-20-24-40(8)26-31-55-48(54)47-44-35-43(38(5)6)45(34-42(44)10)46(47)36-53/h22,34,36,38-41,43-47H,17-21,23-33,35H2,1-16H3. The second-order valence-electron chi connectivity index (χ2n) is 21.6. The molecule has 0 amide bonds. The molecule has 0 N–H and O–H groups in total. The number of esters is 1. The van der Waals surface area contributed by atoms with Crippen LogP contribution in [-0.2, 0) is 23.8 Å². The minimum atomic E-state index is -0.320. The van der Waals surface area contributed by atoms with Crippen LogP contribution in [0.1, 0.15) is 201 Å². The van der Waals surface area contributed by atoms with Crippen LogP contribution >= 0.6 is 0 Å². The van der Waals surface area contributed by atoms with Crippen molar-refractivity contribution in [1.82, 2.24) is 0 Å². The molecule has 0 spiro atoms. The van der Waals surface area contributed by atoms with Gasteiger partial charge in [0.1, 0.15) is 6.29 Å². The third-order valence-electron chi connectivity index (χ3n) is 16.0. The van der Waals surface area contributed by atoms with Crippen molar-refractivity contribution in [1.29, 1.82) is 0 Å². The van der Waals surface area contributed by atoms with Crippen molar-refractivity contribution in [3.63, 3.8) is 0 Å². The fraction of sp³-hybridized carbons (Fsp3) is 0.885. The molecule has 0 aromatic heterocycles. The lowest BCUT2D eigenvalue weighted by molar-refractivity contribution is -0.159. The average molecular weight is 799 g/mol. The largest absolute Gasteiger partial charge is 0.465 e. The van der Waals surface area contributed by atoms with Crippen molar-refractivity contribution in [3.8, 4) is 0 Å². The summed E-state index contributed by atoms with van der Waals surface area (Å²) in [4.78, 5) is 25.6. The van der Waals surface area contributed by atoms with E-state index in [9.17, 15) is 9.59 Å². The molecular weight excluding hydrogens is 705 g/mol. The summed E-state index contributed by atoms with van der Waals surface area (Å²) in [6.07, 6.45) is 21.2. The van der Waals surface area contributed by atoms with Crippen molar-refractivity contribution in [2.75, 3.05) is 19.8 Å². The highest BCUT2D eigenvalue weighted by Gasteiger charge is 2.52. The lowest BCUT2D eigenvalue weighted by Crippen LogP contribution is -2.49. The zero-order valence-electron chi connectivity index (χ0n) is 40.5. The van der Waals surface area contributed by atoms with E-state index in [0.717, 1.165) is 77.3 Å². The summed E-state index contributed by atoms with van der Waals surface area (Å²) in [7, 11) is 0. The molecule has 332 valence electrons. The number of hydrogen-bond donors (Lipinski definition) is 0. The summed E-state index contributed by atoms with van der Waals surface area (Å²) in [6.45, 7) is 38.9. The second kappa shape index (κ2) is 23.5. The van der Waals surface area contributed by atoms with Crippen molar-refractivity contribution < 1.29 is 23.8 Å². The Bertz CT molecular complexity index is 1250. The van der Waals surface area contributed by atoms with Gasteiger partial charge in [0.05, 0.1) is 23.7 Å². The summed E-state index contributed by atoms with van der Waals surface area (Å²) in [5.74, 6) is 2.32. The van der Waals surface area contributed by atoms with Gasteiger partial charge >= 0.3 is 5.97 Å². The van der Waals surface area contributed by atoms with Crippen LogP contribution < -0.4 is 0 Å². The first-order valence-corrected chi connectivity index (χ1v) is 23.8. The number of ether oxygens (including phenoxy) is 3. The molecule has 1 saturated carbocycles. The summed E-state index contributed by atoms with van der Waals surface area (Å²) < 4.78 is 19.4. The monoisotopic (exact) mass is 799 g/mol. The Hall–Kier alpha value is -1.46. The Kier molecular flexibility index (Phi) is 21.3. The Morgan fingerprint density at radius 1 is 0.754 bits per heavy atom. The van der Waals surface area contributed by atoms with Gasteiger partial charge in [0, 0.05) is 19.1 Å². The predicted molar refractivity (Wildman–Crippen MR) is 242 cm³/mol. The van der Waals surface area contributed by atoms with E-state index in [-0.39, 0.29) is 51.7 Å². The van der Waals surface area contributed by atoms with Gasteiger partial charge in [-0.1, -0.05) is 125 Å². The number of allylic oxidation sites excluding steroid dienone is 4. The summed E-state index contributed by atoms with van der Waals surface area (Å²) in [5.41, 5.74) is 2.58. The van der Waals surface area contributed by atoms with Gasteiger partial charge in [0.2, 0.25) is 0 Å². The van der Waals surface area contributed by atoms with Gasteiger partial charge in [-0.25, -0.2) is 0 Å². The molecule has 0 heterocycles. The molecule has 2 bridgehead atoms. The van der Waals surface area contributed by atoms with Crippen LogP contribution in [0.4, 0.5) is 0 Å². The predicted octanol–water partition coefficient (Wildman–Crippen LogP) is 14.4. The highest BCUT2D eigenvalue weighted by atomic mass is 16.5. The van der Waals surface area contributed by atoms with Crippen LogP contribution in [0, 0.1) is 64.1 Å². The first-order chi connectivity index (χ1) is 26.6. The molecule has 10 atom stereocenters. The van der Waals surface area contributed by atoms with E-state index in [0.29, 0.717) is 36.2 Å². The molecule has 0 aliphatic heterocycles. The maximum Gasteiger partial charge on any atom is 0.310 e. The van der Waals surface area contributed by atoms with Crippen LogP contribution in [-0.4, -0.2) is 43.3 Å². The number of carbonyl (C=O) groups excluding carboxylic acids is 2. The molecule has 3 aliphatic rings. The van der Waals surface area contributed by atoms with E-state index in [2.05, 4.69) is 123 Å². The lowest BCUT2D eigenvalue weighted by Gasteiger charge is -2.49. The molecule has 5 heteroatoms. The Morgan fingerprint density at radius 2 is 1.23 bits per heavy atom. The first-order valence-electron chi connectivity index (χ1n) is 23.8. The quantitative estimate of drug-likeness (QED) is 0.0428. The number of aldehydes is 1. The maximum absolute atomic E-state index is 13.4. The molecule has 3 aliphatic carbocycles. The Labute approximate surface area is 354 Å². The molecule has 10 unspecified atom stereocenters. The lowest BCUT2D eigenvalue weighted by atomic mass is 9.54. The van der Waals surface area contributed by atoms with Crippen LogP contribution in [0.3, 0.4) is 0 Å². The molecule has 0 radical (unpaired) electrons. The van der Waals surface area contributed by atoms with Gasteiger partial charge in [-0.05, 0) is 151 Å². The van der Waals surface area contributed by atoms with Gasteiger partial charge in [0.15, 0.2) is 0 Å². The minimum absolute atomic E-state index is 0.0541.